The molecular weight excluding hydrogens is 374 g/mol. The van der Waals surface area contributed by atoms with Gasteiger partial charge in [-0.3, -0.25) is 19.5 Å². The number of benzene rings is 3. The molecule has 1 aliphatic heterocycles. The Morgan fingerprint density at radius 2 is 1.37 bits per heavy atom. The Labute approximate surface area is 175 Å². The van der Waals surface area contributed by atoms with Crippen molar-refractivity contribution >= 4 is 17.6 Å². The van der Waals surface area contributed by atoms with Crippen molar-refractivity contribution in [3.63, 3.8) is 0 Å². The van der Waals surface area contributed by atoms with E-state index in [-0.39, 0.29) is 18.4 Å². The molecule has 1 heterocycles. The third-order valence-electron chi connectivity index (χ3n) is 5.38. The van der Waals surface area contributed by atoms with Crippen LogP contribution in [-0.2, 0) is 19.4 Å². The third-order valence-corrected chi connectivity index (χ3v) is 5.38. The van der Waals surface area contributed by atoms with Crippen LogP contribution in [0, 0.1) is 0 Å². The first kappa shape index (κ1) is 19.6. The second kappa shape index (κ2) is 8.33. The van der Waals surface area contributed by atoms with E-state index in [4.69, 9.17) is 5.73 Å². The molecule has 0 saturated carbocycles. The summed E-state index contributed by atoms with van der Waals surface area (Å²) in [5, 5.41) is 0. The van der Waals surface area contributed by atoms with E-state index >= 15 is 0 Å². The fourth-order valence-electron chi connectivity index (χ4n) is 3.75. The van der Waals surface area contributed by atoms with Crippen LogP contribution in [0.5, 0.6) is 0 Å². The third kappa shape index (κ3) is 3.87. The molecule has 3 aromatic carbocycles. The average molecular weight is 397 g/mol. The van der Waals surface area contributed by atoms with Gasteiger partial charge in [0, 0.05) is 12.6 Å². The molecule has 0 atom stereocenters. The van der Waals surface area contributed by atoms with Gasteiger partial charge in [0.2, 0.25) is 0 Å². The molecule has 0 bridgehead atoms. The van der Waals surface area contributed by atoms with E-state index in [0.29, 0.717) is 17.0 Å². The first-order chi connectivity index (χ1) is 14.6. The molecule has 5 nitrogen and oxygen atoms in total. The molecule has 0 radical (unpaired) electrons. The maximum Gasteiger partial charge on any atom is 0.261 e. The zero-order chi connectivity index (χ0) is 21.1. The fraction of sp³-hybridized carbons (Fsp3) is 0.160. The summed E-state index contributed by atoms with van der Waals surface area (Å²) in [7, 11) is 1.68. The highest BCUT2D eigenvalue weighted by atomic mass is 16.2. The SMILES string of the molecule is CN=C(N)c1cccc(CCc2cccc(CN3C(=O)c4ccccc4C3=O)c2)c1. The van der Waals surface area contributed by atoms with E-state index in [2.05, 4.69) is 29.3 Å². The van der Waals surface area contributed by atoms with Crippen molar-refractivity contribution in [2.45, 2.75) is 19.4 Å². The van der Waals surface area contributed by atoms with Crippen molar-refractivity contribution in [2.75, 3.05) is 7.05 Å². The quantitative estimate of drug-likeness (QED) is 0.392. The van der Waals surface area contributed by atoms with E-state index in [1.165, 1.54) is 10.5 Å². The van der Waals surface area contributed by atoms with Gasteiger partial charge in [-0.05, 0) is 47.7 Å². The molecule has 4 rings (SSSR count). The van der Waals surface area contributed by atoms with Crippen LogP contribution in [0.3, 0.4) is 0 Å². The van der Waals surface area contributed by atoms with Crippen molar-refractivity contribution < 1.29 is 9.59 Å². The second-order valence-corrected chi connectivity index (χ2v) is 7.37. The highest BCUT2D eigenvalue weighted by Crippen LogP contribution is 2.24. The first-order valence-corrected chi connectivity index (χ1v) is 9.91. The van der Waals surface area contributed by atoms with Gasteiger partial charge in [-0.25, -0.2) is 0 Å². The van der Waals surface area contributed by atoms with Gasteiger partial charge in [0.1, 0.15) is 5.84 Å². The van der Waals surface area contributed by atoms with Crippen LogP contribution < -0.4 is 5.73 Å². The number of carbonyl (C=O) groups is 2. The summed E-state index contributed by atoms with van der Waals surface area (Å²) in [5.41, 5.74) is 11.1. The molecule has 3 aromatic rings. The minimum absolute atomic E-state index is 0.229. The van der Waals surface area contributed by atoms with Gasteiger partial charge in [0.25, 0.3) is 11.8 Å². The Balaban J connectivity index is 1.45. The van der Waals surface area contributed by atoms with Gasteiger partial charge in [-0.15, -0.1) is 0 Å². The Hall–Kier alpha value is -3.73. The molecule has 2 N–H and O–H groups in total. The minimum Gasteiger partial charge on any atom is -0.384 e. The average Bonchev–Trinajstić information content (AvgIpc) is 3.03. The van der Waals surface area contributed by atoms with Crippen LogP contribution in [-0.4, -0.2) is 29.6 Å². The topological polar surface area (TPSA) is 75.8 Å². The number of imide groups is 1. The van der Waals surface area contributed by atoms with Gasteiger partial charge in [-0.2, -0.15) is 0 Å². The molecule has 1 aliphatic rings. The van der Waals surface area contributed by atoms with E-state index in [1.54, 1.807) is 31.3 Å². The van der Waals surface area contributed by atoms with Crippen LogP contribution in [0.1, 0.15) is 43.0 Å². The van der Waals surface area contributed by atoms with Crippen molar-refractivity contribution in [2.24, 2.45) is 10.7 Å². The van der Waals surface area contributed by atoms with Gasteiger partial charge < -0.3 is 5.73 Å². The number of rotatable bonds is 6. The summed E-state index contributed by atoms with van der Waals surface area (Å²) in [5.74, 6) is 0.0702. The lowest BCUT2D eigenvalue weighted by Gasteiger charge is -2.14. The predicted octanol–water partition coefficient (Wildman–Crippen LogP) is 3.60. The number of nitrogens with zero attached hydrogens (tertiary/aromatic N) is 2. The van der Waals surface area contributed by atoms with Crippen molar-refractivity contribution in [3.8, 4) is 0 Å². The molecular formula is C25H23N3O2. The molecule has 30 heavy (non-hydrogen) atoms. The zero-order valence-electron chi connectivity index (χ0n) is 16.8. The smallest absolute Gasteiger partial charge is 0.261 e. The Kier molecular flexibility index (Phi) is 5.44. The molecule has 0 fully saturated rings. The lowest BCUT2D eigenvalue weighted by atomic mass is 10.0. The molecule has 0 aliphatic carbocycles. The van der Waals surface area contributed by atoms with E-state index < -0.39 is 0 Å². The Morgan fingerprint density at radius 3 is 2.00 bits per heavy atom. The lowest BCUT2D eigenvalue weighted by molar-refractivity contribution is 0.0642. The Morgan fingerprint density at radius 1 is 0.800 bits per heavy atom. The van der Waals surface area contributed by atoms with Crippen LogP contribution in [0.2, 0.25) is 0 Å². The zero-order valence-corrected chi connectivity index (χ0v) is 16.8. The molecule has 0 spiro atoms. The van der Waals surface area contributed by atoms with Crippen molar-refractivity contribution in [1.29, 1.82) is 0 Å². The van der Waals surface area contributed by atoms with Crippen LogP contribution in [0.25, 0.3) is 0 Å². The number of amides is 2. The van der Waals surface area contributed by atoms with Gasteiger partial charge in [-0.1, -0.05) is 54.6 Å². The van der Waals surface area contributed by atoms with E-state index in [0.717, 1.165) is 29.5 Å². The minimum atomic E-state index is -0.229. The molecule has 150 valence electrons. The fourth-order valence-corrected chi connectivity index (χ4v) is 3.75. The summed E-state index contributed by atoms with van der Waals surface area (Å²) in [6.07, 6.45) is 1.71. The standard InChI is InChI=1S/C25H23N3O2/c1-27-23(26)20-9-5-7-18(15-20)13-12-17-6-4-8-19(14-17)16-28-24(29)21-10-2-3-11-22(21)25(28)30/h2-11,14-15H,12-13,16H2,1H3,(H2,26,27). The van der Waals surface area contributed by atoms with Crippen LogP contribution >= 0.6 is 0 Å². The molecule has 0 unspecified atom stereocenters. The van der Waals surface area contributed by atoms with E-state index in [9.17, 15) is 9.59 Å². The number of hydrogen-bond acceptors (Lipinski definition) is 3. The predicted molar refractivity (Wildman–Crippen MR) is 118 cm³/mol. The number of carbonyl (C=O) groups excluding carboxylic acids is 2. The highest BCUT2D eigenvalue weighted by molar-refractivity contribution is 6.21. The normalized spacial score (nSPS) is 13.6. The Bertz CT molecular complexity index is 1120. The second-order valence-electron chi connectivity index (χ2n) is 7.37. The number of aryl methyl sites for hydroxylation is 2. The number of aliphatic imine (C=N–C) groups is 1. The summed E-state index contributed by atoms with van der Waals surface area (Å²) in [6.45, 7) is 0.277. The molecule has 2 amide bonds. The largest absolute Gasteiger partial charge is 0.384 e. The number of amidine groups is 1. The van der Waals surface area contributed by atoms with E-state index in [1.807, 2.05) is 24.3 Å². The van der Waals surface area contributed by atoms with Gasteiger partial charge >= 0.3 is 0 Å². The number of hydrogen-bond donors (Lipinski definition) is 1. The van der Waals surface area contributed by atoms with Crippen LogP contribution in [0.15, 0.2) is 77.8 Å². The van der Waals surface area contributed by atoms with Crippen LogP contribution in [0.4, 0.5) is 0 Å². The van der Waals surface area contributed by atoms with Crippen molar-refractivity contribution in [3.05, 3.63) is 106 Å². The van der Waals surface area contributed by atoms with Crippen molar-refractivity contribution in [1.82, 2.24) is 4.90 Å². The molecule has 0 aromatic heterocycles. The van der Waals surface area contributed by atoms with Gasteiger partial charge in [0.15, 0.2) is 0 Å². The summed E-state index contributed by atoms with van der Waals surface area (Å²) in [4.78, 5) is 30.6. The number of nitrogens with two attached hydrogens (primary N) is 1. The maximum atomic E-state index is 12.6. The first-order valence-electron chi connectivity index (χ1n) is 9.91. The van der Waals surface area contributed by atoms with Gasteiger partial charge in [0.05, 0.1) is 17.7 Å². The molecule has 5 heteroatoms. The lowest BCUT2D eigenvalue weighted by Crippen LogP contribution is -2.29. The monoisotopic (exact) mass is 397 g/mol. The summed E-state index contributed by atoms with van der Waals surface area (Å²) >= 11 is 0. The summed E-state index contributed by atoms with van der Waals surface area (Å²) < 4.78 is 0. The highest BCUT2D eigenvalue weighted by Gasteiger charge is 2.34. The number of fused-ring (bicyclic) bond motifs is 1. The molecule has 0 saturated heterocycles. The summed E-state index contributed by atoms with van der Waals surface area (Å²) in [6, 6.07) is 23.1. The maximum absolute atomic E-state index is 12.6.